The van der Waals surface area contributed by atoms with Gasteiger partial charge in [-0.3, -0.25) is 0 Å². The van der Waals surface area contributed by atoms with Crippen molar-refractivity contribution in [2.45, 2.75) is 77.4 Å². The molecule has 1 aliphatic rings. The second kappa shape index (κ2) is 9.65. The Balaban J connectivity index is 2.88. The van der Waals surface area contributed by atoms with E-state index in [4.69, 9.17) is 0 Å². The fraction of sp³-hybridized carbons (Fsp3) is 0.765. The Morgan fingerprint density at radius 2 is 1.42 bits per heavy atom. The molecule has 0 saturated heterocycles. The number of rotatable bonds is 10. The van der Waals surface area contributed by atoms with Crippen LogP contribution in [0.4, 0.5) is 0 Å². The molecule has 1 aliphatic carbocycles. The average molecular weight is 434 g/mol. The van der Waals surface area contributed by atoms with Crippen molar-refractivity contribution in [1.82, 2.24) is 0 Å². The molecular weight excluding hydrogens is 403 g/mol. The van der Waals surface area contributed by atoms with Crippen LogP contribution < -0.4 is 0 Å². The van der Waals surface area contributed by atoms with Crippen molar-refractivity contribution in [3.8, 4) is 0 Å². The molecule has 19 heavy (non-hydrogen) atoms. The number of hydrogen-bond acceptors (Lipinski definition) is 0. The summed E-state index contributed by atoms with van der Waals surface area (Å²) < 4.78 is 6.62. The zero-order valence-corrected chi connectivity index (χ0v) is 17.5. The van der Waals surface area contributed by atoms with Crippen molar-refractivity contribution in [1.29, 1.82) is 0 Å². The molecule has 0 radical (unpaired) electrons. The van der Waals surface area contributed by atoms with Gasteiger partial charge in [0.1, 0.15) is 0 Å². The molecule has 0 heterocycles. The van der Waals surface area contributed by atoms with E-state index in [-0.39, 0.29) is 0 Å². The summed E-state index contributed by atoms with van der Waals surface area (Å²) in [6, 6.07) is 0. The summed E-state index contributed by atoms with van der Waals surface area (Å²) in [4.78, 5) is 0.578. The van der Waals surface area contributed by atoms with Crippen LogP contribution in [0.15, 0.2) is 21.8 Å². The molecule has 0 aromatic rings. The average Bonchev–Trinajstić information content (AvgIpc) is 2.85. The van der Waals surface area contributed by atoms with Gasteiger partial charge in [0.15, 0.2) is 0 Å². The first-order valence-electron chi connectivity index (χ1n) is 8.23. The van der Waals surface area contributed by atoms with E-state index in [0.717, 1.165) is 0 Å². The number of hydrogen-bond donors (Lipinski definition) is 0. The normalized spacial score (nSPS) is 18.9. The summed E-state index contributed by atoms with van der Waals surface area (Å²) in [7, 11) is 0. The van der Waals surface area contributed by atoms with Gasteiger partial charge in [0.25, 0.3) is 0 Å². The van der Waals surface area contributed by atoms with Crippen molar-refractivity contribution in [2.24, 2.45) is 0 Å². The van der Waals surface area contributed by atoms with Crippen LogP contribution >= 0.6 is 15.9 Å². The van der Waals surface area contributed by atoms with Gasteiger partial charge in [-0.1, -0.05) is 0 Å². The summed E-state index contributed by atoms with van der Waals surface area (Å²) >= 11 is 1.81. The van der Waals surface area contributed by atoms with Crippen LogP contribution in [0.2, 0.25) is 13.3 Å². The van der Waals surface area contributed by atoms with E-state index < -0.39 is 18.4 Å². The van der Waals surface area contributed by atoms with E-state index in [1.807, 2.05) is 3.59 Å². The van der Waals surface area contributed by atoms with Gasteiger partial charge in [0.05, 0.1) is 0 Å². The molecular formula is C17H31BrSn. The van der Waals surface area contributed by atoms with E-state index in [2.05, 4.69) is 54.9 Å². The van der Waals surface area contributed by atoms with Crippen molar-refractivity contribution in [3.05, 3.63) is 21.8 Å². The maximum atomic E-state index is 3.91. The van der Waals surface area contributed by atoms with Crippen LogP contribution in [0, 0.1) is 0 Å². The molecule has 110 valence electrons. The topological polar surface area (TPSA) is 0 Å². The van der Waals surface area contributed by atoms with Crippen LogP contribution in [0.5, 0.6) is 0 Å². The van der Waals surface area contributed by atoms with Crippen LogP contribution in [0.1, 0.15) is 59.3 Å². The van der Waals surface area contributed by atoms with Gasteiger partial charge in [-0.25, -0.2) is 0 Å². The minimum absolute atomic E-state index is 0.578. The molecule has 0 aromatic carbocycles. The molecule has 0 fully saturated rings. The third kappa shape index (κ3) is 5.22. The van der Waals surface area contributed by atoms with Crippen LogP contribution in [-0.4, -0.2) is 23.2 Å². The van der Waals surface area contributed by atoms with E-state index in [1.54, 1.807) is 13.3 Å². The van der Waals surface area contributed by atoms with Crippen molar-refractivity contribution in [2.75, 3.05) is 0 Å². The van der Waals surface area contributed by atoms with E-state index in [9.17, 15) is 0 Å². The zero-order valence-electron chi connectivity index (χ0n) is 13.1. The first-order valence-corrected chi connectivity index (χ1v) is 16.6. The van der Waals surface area contributed by atoms with Gasteiger partial charge in [-0.15, -0.1) is 0 Å². The molecule has 2 heteroatoms. The zero-order chi connectivity index (χ0) is 14.1. The first kappa shape index (κ1) is 17.8. The van der Waals surface area contributed by atoms with Crippen molar-refractivity contribution < 1.29 is 0 Å². The Morgan fingerprint density at radius 3 is 1.74 bits per heavy atom. The number of halogens is 1. The summed E-state index contributed by atoms with van der Waals surface area (Å²) in [5, 5.41) is 0. The maximum absolute atomic E-state index is 3.91. The Bertz CT molecular complexity index is 285. The summed E-state index contributed by atoms with van der Waals surface area (Å²) in [5.41, 5.74) is 0. The molecule has 0 spiro atoms. The Hall–Kier alpha value is 0.759. The molecule has 0 saturated carbocycles. The predicted octanol–water partition coefficient (Wildman–Crippen LogP) is 6.63. The first-order chi connectivity index (χ1) is 9.20. The molecule has 0 aromatic heterocycles. The summed E-state index contributed by atoms with van der Waals surface area (Å²) in [6.07, 6.45) is 15.6. The Kier molecular flexibility index (Phi) is 9.05. The predicted molar refractivity (Wildman–Crippen MR) is 94.8 cm³/mol. The standard InChI is InChI=1S/C5H4Br.3C4H9.Sn/c6-5-3-1-2-4-5;3*1-3-4-2;/h1-3,5H;3*1,3-4H2,2H3;. The second-order valence-corrected chi connectivity index (χ2v) is 20.2. The van der Waals surface area contributed by atoms with E-state index >= 15 is 0 Å². The molecule has 1 atom stereocenters. The van der Waals surface area contributed by atoms with Crippen molar-refractivity contribution in [3.63, 3.8) is 0 Å². The minimum atomic E-state index is -2.10. The molecule has 0 amide bonds. The fourth-order valence-electron chi connectivity index (χ4n) is 3.28. The van der Waals surface area contributed by atoms with Gasteiger partial charge in [-0.05, 0) is 0 Å². The quantitative estimate of drug-likeness (QED) is 0.268. The number of alkyl halides is 1. The summed E-state index contributed by atoms with van der Waals surface area (Å²) in [6.45, 7) is 7.05. The van der Waals surface area contributed by atoms with E-state index in [1.165, 1.54) is 38.5 Å². The van der Waals surface area contributed by atoms with E-state index in [0.29, 0.717) is 4.83 Å². The van der Waals surface area contributed by atoms with Crippen LogP contribution in [0.25, 0.3) is 0 Å². The Morgan fingerprint density at radius 1 is 0.947 bits per heavy atom. The van der Waals surface area contributed by atoms with Gasteiger partial charge >= 0.3 is 134 Å². The fourth-order valence-corrected chi connectivity index (χ4v) is 23.5. The van der Waals surface area contributed by atoms with Crippen molar-refractivity contribution >= 4 is 34.3 Å². The number of unbranched alkanes of at least 4 members (excludes halogenated alkanes) is 3. The third-order valence-corrected chi connectivity index (χ3v) is 22.6. The monoisotopic (exact) mass is 434 g/mol. The molecule has 0 N–H and O–H groups in total. The number of allylic oxidation sites excluding steroid dienone is 4. The van der Waals surface area contributed by atoms with Gasteiger partial charge in [0.2, 0.25) is 0 Å². The van der Waals surface area contributed by atoms with Gasteiger partial charge in [-0.2, -0.15) is 0 Å². The molecule has 0 bridgehead atoms. The van der Waals surface area contributed by atoms with Gasteiger partial charge in [0, 0.05) is 0 Å². The van der Waals surface area contributed by atoms with Crippen LogP contribution in [-0.2, 0) is 0 Å². The molecule has 0 nitrogen and oxygen atoms in total. The third-order valence-electron chi connectivity index (χ3n) is 4.49. The van der Waals surface area contributed by atoms with Crippen LogP contribution in [0.3, 0.4) is 0 Å². The SMILES string of the molecule is CCC[CH2][Sn]([CH2]CCC)([CH2]CCC)[C]1=CC=CC1Br. The summed E-state index contributed by atoms with van der Waals surface area (Å²) in [5.74, 6) is 0. The molecule has 0 aliphatic heterocycles. The molecule has 1 rings (SSSR count). The molecule has 1 unspecified atom stereocenters. The van der Waals surface area contributed by atoms with Gasteiger partial charge < -0.3 is 0 Å². The Labute approximate surface area is 133 Å². The second-order valence-electron chi connectivity index (χ2n) is 6.00.